The first-order valence-corrected chi connectivity index (χ1v) is 6.12. The normalized spacial score (nSPS) is 14.8. The Kier molecular flexibility index (Phi) is 2.88. The molecule has 1 aromatic carbocycles. The predicted molar refractivity (Wildman–Crippen MR) is 68.7 cm³/mol. The lowest BCUT2D eigenvalue weighted by molar-refractivity contribution is 0.528. The van der Waals surface area contributed by atoms with E-state index in [2.05, 4.69) is 40.6 Å². The second-order valence-corrected chi connectivity index (χ2v) is 4.58. The average molecular weight is 224 g/mol. The van der Waals surface area contributed by atoms with E-state index in [1.807, 2.05) is 18.3 Å². The monoisotopic (exact) mass is 224 g/mol. The highest BCUT2D eigenvalue weighted by molar-refractivity contribution is 5.33. The van der Waals surface area contributed by atoms with Gasteiger partial charge in [-0.15, -0.1) is 0 Å². The van der Waals surface area contributed by atoms with Crippen LogP contribution in [0.1, 0.15) is 16.8 Å². The van der Waals surface area contributed by atoms with E-state index in [1.165, 1.54) is 11.1 Å². The lowest BCUT2D eigenvalue weighted by Crippen LogP contribution is -2.29. The minimum atomic E-state index is 0.564. The number of nitrogens with one attached hydrogen (secondary N) is 1. The zero-order chi connectivity index (χ0) is 11.5. The quantitative estimate of drug-likeness (QED) is 0.865. The molecule has 2 nitrogen and oxygen atoms in total. The third-order valence-corrected chi connectivity index (χ3v) is 3.35. The van der Waals surface area contributed by atoms with Gasteiger partial charge in [0.15, 0.2) is 0 Å². The standard InChI is InChI=1S/C15H16N2/c1-2-6-13-10-15(9-12(13)5-1)17-11-14-7-3-4-8-16-14/h1-8,15,17H,9-11H2. The topological polar surface area (TPSA) is 24.9 Å². The number of rotatable bonds is 3. The number of fused-ring (bicyclic) bond motifs is 1. The molecular weight excluding hydrogens is 208 g/mol. The third-order valence-electron chi connectivity index (χ3n) is 3.35. The van der Waals surface area contributed by atoms with Crippen LogP contribution in [0.5, 0.6) is 0 Å². The Morgan fingerprint density at radius 3 is 2.35 bits per heavy atom. The van der Waals surface area contributed by atoms with Gasteiger partial charge in [0.1, 0.15) is 0 Å². The van der Waals surface area contributed by atoms with Crippen molar-refractivity contribution in [2.75, 3.05) is 0 Å². The molecule has 0 aliphatic heterocycles. The van der Waals surface area contributed by atoms with E-state index >= 15 is 0 Å². The van der Waals surface area contributed by atoms with Crippen LogP contribution in [-0.4, -0.2) is 11.0 Å². The van der Waals surface area contributed by atoms with Gasteiger partial charge >= 0.3 is 0 Å². The minimum absolute atomic E-state index is 0.564. The summed E-state index contributed by atoms with van der Waals surface area (Å²) in [4.78, 5) is 4.33. The van der Waals surface area contributed by atoms with E-state index in [4.69, 9.17) is 0 Å². The van der Waals surface area contributed by atoms with Crippen molar-refractivity contribution in [3.8, 4) is 0 Å². The maximum atomic E-state index is 4.33. The van der Waals surface area contributed by atoms with Crippen LogP contribution in [0.2, 0.25) is 0 Å². The molecule has 86 valence electrons. The minimum Gasteiger partial charge on any atom is -0.308 e. The molecular formula is C15H16N2. The van der Waals surface area contributed by atoms with Gasteiger partial charge in [-0.25, -0.2) is 0 Å². The molecule has 3 rings (SSSR count). The molecule has 2 aromatic rings. The Morgan fingerprint density at radius 1 is 1.00 bits per heavy atom. The van der Waals surface area contributed by atoms with E-state index in [1.54, 1.807) is 0 Å². The Bertz CT molecular complexity index is 468. The van der Waals surface area contributed by atoms with E-state index in [9.17, 15) is 0 Å². The molecule has 0 spiro atoms. The van der Waals surface area contributed by atoms with Crippen LogP contribution in [0.15, 0.2) is 48.7 Å². The van der Waals surface area contributed by atoms with Crippen LogP contribution >= 0.6 is 0 Å². The summed E-state index contributed by atoms with van der Waals surface area (Å²) in [5, 5.41) is 3.58. The van der Waals surface area contributed by atoms with Gasteiger partial charge in [-0.3, -0.25) is 4.98 Å². The van der Waals surface area contributed by atoms with Crippen LogP contribution in [0.25, 0.3) is 0 Å². The number of nitrogens with zero attached hydrogens (tertiary/aromatic N) is 1. The Morgan fingerprint density at radius 2 is 1.71 bits per heavy atom. The van der Waals surface area contributed by atoms with Gasteiger partial charge in [-0.05, 0) is 36.1 Å². The Balaban J connectivity index is 1.59. The van der Waals surface area contributed by atoms with Crippen molar-refractivity contribution in [2.45, 2.75) is 25.4 Å². The molecule has 1 aliphatic carbocycles. The van der Waals surface area contributed by atoms with Crippen molar-refractivity contribution in [2.24, 2.45) is 0 Å². The Labute approximate surface area is 102 Å². The van der Waals surface area contributed by atoms with Crippen LogP contribution < -0.4 is 5.32 Å². The van der Waals surface area contributed by atoms with E-state index in [0.717, 1.165) is 25.1 Å². The van der Waals surface area contributed by atoms with Gasteiger partial charge in [-0.2, -0.15) is 0 Å². The summed E-state index contributed by atoms with van der Waals surface area (Å²) in [5.74, 6) is 0. The molecule has 1 aliphatic rings. The summed E-state index contributed by atoms with van der Waals surface area (Å²) in [5.41, 5.74) is 4.10. The molecule has 1 heterocycles. The number of hydrogen-bond donors (Lipinski definition) is 1. The largest absolute Gasteiger partial charge is 0.308 e. The highest BCUT2D eigenvalue weighted by Gasteiger charge is 2.19. The molecule has 0 saturated heterocycles. The fourth-order valence-corrected chi connectivity index (χ4v) is 2.45. The second kappa shape index (κ2) is 4.68. The third kappa shape index (κ3) is 2.37. The predicted octanol–water partition coefficient (Wildman–Crippen LogP) is 2.34. The summed E-state index contributed by atoms with van der Waals surface area (Å²) in [6.07, 6.45) is 4.13. The zero-order valence-corrected chi connectivity index (χ0v) is 9.76. The van der Waals surface area contributed by atoms with Gasteiger partial charge in [0.05, 0.1) is 5.69 Å². The summed E-state index contributed by atoms with van der Waals surface area (Å²) >= 11 is 0. The SMILES string of the molecule is c1ccc(CNC2Cc3ccccc3C2)nc1. The van der Waals surface area contributed by atoms with E-state index in [-0.39, 0.29) is 0 Å². The summed E-state index contributed by atoms with van der Waals surface area (Å²) in [7, 11) is 0. The molecule has 0 bridgehead atoms. The molecule has 0 saturated carbocycles. The molecule has 2 heteroatoms. The van der Waals surface area contributed by atoms with Crippen molar-refractivity contribution in [3.05, 3.63) is 65.5 Å². The van der Waals surface area contributed by atoms with E-state index < -0.39 is 0 Å². The van der Waals surface area contributed by atoms with Gasteiger partial charge in [0.2, 0.25) is 0 Å². The van der Waals surface area contributed by atoms with Crippen molar-refractivity contribution in [1.82, 2.24) is 10.3 Å². The summed E-state index contributed by atoms with van der Waals surface area (Å²) < 4.78 is 0. The van der Waals surface area contributed by atoms with Gasteiger partial charge in [0, 0.05) is 18.8 Å². The number of pyridine rings is 1. The fourth-order valence-electron chi connectivity index (χ4n) is 2.45. The molecule has 17 heavy (non-hydrogen) atoms. The van der Waals surface area contributed by atoms with E-state index in [0.29, 0.717) is 6.04 Å². The average Bonchev–Trinajstić information content (AvgIpc) is 2.80. The van der Waals surface area contributed by atoms with Crippen LogP contribution in [-0.2, 0) is 19.4 Å². The number of hydrogen-bond acceptors (Lipinski definition) is 2. The van der Waals surface area contributed by atoms with Gasteiger partial charge in [-0.1, -0.05) is 30.3 Å². The molecule has 0 radical (unpaired) electrons. The maximum absolute atomic E-state index is 4.33. The first-order chi connectivity index (χ1) is 8.42. The molecule has 1 aromatic heterocycles. The molecule has 0 atom stereocenters. The summed E-state index contributed by atoms with van der Waals surface area (Å²) in [6.45, 7) is 0.861. The highest BCUT2D eigenvalue weighted by Crippen LogP contribution is 2.21. The van der Waals surface area contributed by atoms with Crippen molar-refractivity contribution in [3.63, 3.8) is 0 Å². The van der Waals surface area contributed by atoms with Gasteiger partial charge in [0.25, 0.3) is 0 Å². The van der Waals surface area contributed by atoms with Crippen LogP contribution in [0.3, 0.4) is 0 Å². The van der Waals surface area contributed by atoms with Crippen LogP contribution in [0.4, 0.5) is 0 Å². The first-order valence-electron chi connectivity index (χ1n) is 6.12. The lowest BCUT2D eigenvalue weighted by atomic mass is 10.1. The smallest absolute Gasteiger partial charge is 0.0541 e. The molecule has 0 unspecified atom stereocenters. The molecule has 0 fully saturated rings. The molecule has 1 N–H and O–H groups in total. The number of aromatic nitrogens is 1. The first kappa shape index (κ1) is 10.5. The van der Waals surface area contributed by atoms with Crippen molar-refractivity contribution in [1.29, 1.82) is 0 Å². The Hall–Kier alpha value is -1.67. The summed E-state index contributed by atoms with van der Waals surface area (Å²) in [6, 6.07) is 15.3. The van der Waals surface area contributed by atoms with Crippen molar-refractivity contribution >= 4 is 0 Å². The van der Waals surface area contributed by atoms with Gasteiger partial charge < -0.3 is 5.32 Å². The highest BCUT2D eigenvalue weighted by atomic mass is 14.9. The fraction of sp³-hybridized carbons (Fsp3) is 0.267. The van der Waals surface area contributed by atoms with Crippen molar-refractivity contribution < 1.29 is 0 Å². The zero-order valence-electron chi connectivity index (χ0n) is 9.76. The maximum Gasteiger partial charge on any atom is 0.0541 e. The number of benzene rings is 1. The van der Waals surface area contributed by atoms with Crippen LogP contribution in [0, 0.1) is 0 Å². The second-order valence-electron chi connectivity index (χ2n) is 4.58. The molecule has 0 amide bonds. The lowest BCUT2D eigenvalue weighted by Gasteiger charge is -2.11.